The van der Waals surface area contributed by atoms with Crippen LogP contribution in [0.3, 0.4) is 0 Å². The highest BCUT2D eigenvalue weighted by Gasteiger charge is 2.14. The Morgan fingerprint density at radius 2 is 1.14 bits per heavy atom. The Morgan fingerprint density at radius 1 is 0.773 bits per heavy atom. The molecule has 0 unspecified atom stereocenters. The lowest BCUT2D eigenvalue weighted by Crippen LogP contribution is -2.14. The standard InChI is InChI=1S/C14H13N3O4.BrH/c18-16(19)13-7-3-1-5-11(13)9-15-10-12-6-2-4-8-14(12)17(20)21;/h1-8,15H,9-10H2;1H. The van der Waals surface area contributed by atoms with Crippen molar-refractivity contribution in [1.29, 1.82) is 0 Å². The fourth-order valence-corrected chi connectivity index (χ4v) is 2.01. The number of nitrogens with zero attached hydrogens (tertiary/aromatic N) is 2. The van der Waals surface area contributed by atoms with Crippen molar-refractivity contribution in [1.82, 2.24) is 5.32 Å². The van der Waals surface area contributed by atoms with Gasteiger partial charge in [-0.15, -0.1) is 17.0 Å². The van der Waals surface area contributed by atoms with Gasteiger partial charge in [-0.1, -0.05) is 36.4 Å². The largest absolute Gasteiger partial charge is 0.308 e. The number of nitrogens with one attached hydrogen (secondary N) is 1. The van der Waals surface area contributed by atoms with Crippen LogP contribution in [0.15, 0.2) is 48.5 Å². The second-order valence-electron chi connectivity index (χ2n) is 4.38. The molecule has 0 saturated heterocycles. The molecule has 1 N–H and O–H groups in total. The van der Waals surface area contributed by atoms with E-state index in [4.69, 9.17) is 0 Å². The zero-order chi connectivity index (χ0) is 15.2. The predicted octanol–water partition coefficient (Wildman–Crippen LogP) is 3.37. The normalized spacial score (nSPS) is 9.82. The second kappa shape index (κ2) is 8.20. The zero-order valence-corrected chi connectivity index (χ0v) is 13.2. The molecule has 0 atom stereocenters. The molecule has 0 heterocycles. The highest BCUT2D eigenvalue weighted by Crippen LogP contribution is 2.19. The Balaban J connectivity index is 0.00000242. The highest BCUT2D eigenvalue weighted by molar-refractivity contribution is 8.93. The molecule has 2 aromatic carbocycles. The summed E-state index contributed by atoms with van der Waals surface area (Å²) in [5.41, 5.74) is 1.15. The van der Waals surface area contributed by atoms with Crippen molar-refractivity contribution in [3.63, 3.8) is 0 Å². The van der Waals surface area contributed by atoms with Crippen molar-refractivity contribution in [3.05, 3.63) is 79.9 Å². The molecule has 116 valence electrons. The maximum absolute atomic E-state index is 10.9. The number of hydrogen-bond donors (Lipinski definition) is 1. The SMILES string of the molecule is Br.O=[N+]([O-])c1ccccc1CNCc1ccccc1[N+](=O)[O-]. The average molecular weight is 368 g/mol. The van der Waals surface area contributed by atoms with Crippen molar-refractivity contribution >= 4 is 28.4 Å². The minimum Gasteiger partial charge on any atom is -0.308 e. The van der Waals surface area contributed by atoms with E-state index in [0.717, 1.165) is 0 Å². The first-order valence-corrected chi connectivity index (χ1v) is 6.25. The van der Waals surface area contributed by atoms with E-state index in [2.05, 4.69) is 5.32 Å². The Morgan fingerprint density at radius 3 is 1.50 bits per heavy atom. The fraction of sp³-hybridized carbons (Fsp3) is 0.143. The summed E-state index contributed by atoms with van der Waals surface area (Å²) < 4.78 is 0. The van der Waals surface area contributed by atoms with Crippen molar-refractivity contribution in [2.45, 2.75) is 13.1 Å². The van der Waals surface area contributed by atoms with E-state index < -0.39 is 9.85 Å². The topological polar surface area (TPSA) is 98.3 Å². The molecule has 2 aromatic rings. The van der Waals surface area contributed by atoms with E-state index in [1.807, 2.05) is 0 Å². The van der Waals surface area contributed by atoms with Crippen LogP contribution in [0.4, 0.5) is 11.4 Å². The maximum atomic E-state index is 10.9. The number of nitro groups is 2. The van der Waals surface area contributed by atoms with Gasteiger partial charge in [-0.05, 0) is 0 Å². The van der Waals surface area contributed by atoms with Crippen LogP contribution < -0.4 is 5.32 Å². The van der Waals surface area contributed by atoms with E-state index in [1.54, 1.807) is 36.4 Å². The van der Waals surface area contributed by atoms with Crippen LogP contribution >= 0.6 is 17.0 Å². The first kappa shape index (κ1) is 17.7. The highest BCUT2D eigenvalue weighted by atomic mass is 79.9. The monoisotopic (exact) mass is 367 g/mol. The molecule has 0 fully saturated rings. The molecule has 0 aliphatic heterocycles. The Bertz CT molecular complexity index is 621. The van der Waals surface area contributed by atoms with E-state index in [0.29, 0.717) is 11.1 Å². The molecule has 0 spiro atoms. The van der Waals surface area contributed by atoms with Crippen molar-refractivity contribution in [3.8, 4) is 0 Å². The Labute approximate surface area is 137 Å². The summed E-state index contributed by atoms with van der Waals surface area (Å²) in [6.45, 7) is 0.534. The Hall–Kier alpha value is -2.32. The van der Waals surface area contributed by atoms with Gasteiger partial charge in [0.1, 0.15) is 0 Å². The Kier molecular flexibility index (Phi) is 6.61. The van der Waals surface area contributed by atoms with Gasteiger partial charge in [0, 0.05) is 36.3 Å². The average Bonchev–Trinajstić information content (AvgIpc) is 2.48. The number of para-hydroxylation sites is 2. The molecule has 0 aliphatic rings. The van der Waals surface area contributed by atoms with Gasteiger partial charge in [-0.3, -0.25) is 20.2 Å². The molecule has 2 rings (SSSR count). The molecule has 0 aliphatic carbocycles. The minimum absolute atomic E-state index is 0. The molecule has 0 amide bonds. The fourth-order valence-electron chi connectivity index (χ4n) is 2.01. The number of benzene rings is 2. The summed E-state index contributed by atoms with van der Waals surface area (Å²) in [6, 6.07) is 12.8. The van der Waals surface area contributed by atoms with Gasteiger partial charge in [0.25, 0.3) is 11.4 Å². The van der Waals surface area contributed by atoms with Crippen LogP contribution in [-0.2, 0) is 13.1 Å². The maximum Gasteiger partial charge on any atom is 0.273 e. The third-order valence-corrected chi connectivity index (χ3v) is 3.01. The third-order valence-electron chi connectivity index (χ3n) is 3.01. The van der Waals surface area contributed by atoms with Gasteiger partial charge in [0.2, 0.25) is 0 Å². The van der Waals surface area contributed by atoms with Gasteiger partial charge in [0.05, 0.1) is 9.85 Å². The smallest absolute Gasteiger partial charge is 0.273 e. The van der Waals surface area contributed by atoms with E-state index >= 15 is 0 Å². The number of nitro benzene ring substituents is 2. The van der Waals surface area contributed by atoms with E-state index in [-0.39, 0.29) is 41.4 Å². The summed E-state index contributed by atoms with van der Waals surface area (Å²) in [7, 11) is 0. The van der Waals surface area contributed by atoms with Crippen molar-refractivity contribution < 1.29 is 9.85 Å². The van der Waals surface area contributed by atoms with Crippen LogP contribution in [-0.4, -0.2) is 9.85 Å². The number of rotatable bonds is 6. The van der Waals surface area contributed by atoms with Crippen LogP contribution in [0.25, 0.3) is 0 Å². The van der Waals surface area contributed by atoms with Crippen LogP contribution in [0.5, 0.6) is 0 Å². The predicted molar refractivity (Wildman–Crippen MR) is 87.1 cm³/mol. The molecule has 0 aromatic heterocycles. The molecular weight excluding hydrogens is 354 g/mol. The molecule has 0 saturated carbocycles. The molecule has 22 heavy (non-hydrogen) atoms. The summed E-state index contributed by atoms with van der Waals surface area (Å²) in [6.07, 6.45) is 0. The van der Waals surface area contributed by atoms with E-state index in [1.165, 1.54) is 12.1 Å². The summed E-state index contributed by atoms with van der Waals surface area (Å²) in [4.78, 5) is 20.9. The van der Waals surface area contributed by atoms with Crippen molar-refractivity contribution in [2.24, 2.45) is 0 Å². The van der Waals surface area contributed by atoms with Crippen LogP contribution in [0.1, 0.15) is 11.1 Å². The molecule has 0 radical (unpaired) electrons. The summed E-state index contributed by atoms with van der Waals surface area (Å²) in [5.74, 6) is 0. The molecule has 7 nitrogen and oxygen atoms in total. The zero-order valence-electron chi connectivity index (χ0n) is 11.5. The lowest BCUT2D eigenvalue weighted by Gasteiger charge is -2.06. The second-order valence-corrected chi connectivity index (χ2v) is 4.38. The van der Waals surface area contributed by atoms with Crippen LogP contribution in [0, 0.1) is 20.2 Å². The quantitative estimate of drug-likeness (QED) is 0.623. The lowest BCUT2D eigenvalue weighted by atomic mass is 10.1. The molecule has 8 heteroatoms. The number of halogens is 1. The first-order chi connectivity index (χ1) is 10.1. The van der Waals surface area contributed by atoms with Crippen LogP contribution in [0.2, 0.25) is 0 Å². The summed E-state index contributed by atoms with van der Waals surface area (Å²) >= 11 is 0. The third kappa shape index (κ3) is 4.34. The van der Waals surface area contributed by atoms with E-state index in [9.17, 15) is 20.2 Å². The van der Waals surface area contributed by atoms with Gasteiger partial charge in [0.15, 0.2) is 0 Å². The minimum atomic E-state index is -0.442. The van der Waals surface area contributed by atoms with Crippen molar-refractivity contribution in [2.75, 3.05) is 0 Å². The number of hydrogen-bond acceptors (Lipinski definition) is 5. The van der Waals surface area contributed by atoms with Gasteiger partial charge in [-0.25, -0.2) is 0 Å². The molecular formula is C14H14BrN3O4. The first-order valence-electron chi connectivity index (χ1n) is 6.25. The van der Waals surface area contributed by atoms with Gasteiger partial charge in [-0.2, -0.15) is 0 Å². The molecule has 0 bridgehead atoms. The van der Waals surface area contributed by atoms with Gasteiger partial charge < -0.3 is 5.32 Å². The summed E-state index contributed by atoms with van der Waals surface area (Å²) in [5, 5.41) is 24.8. The lowest BCUT2D eigenvalue weighted by molar-refractivity contribution is -0.385. The van der Waals surface area contributed by atoms with Gasteiger partial charge >= 0.3 is 0 Å².